The van der Waals surface area contributed by atoms with Crippen LogP contribution in [0.4, 0.5) is 0 Å². The lowest BCUT2D eigenvalue weighted by Gasteiger charge is -2.31. The van der Waals surface area contributed by atoms with Crippen LogP contribution in [0.15, 0.2) is 24.3 Å². The van der Waals surface area contributed by atoms with Crippen LogP contribution in [-0.2, 0) is 6.42 Å². The van der Waals surface area contributed by atoms with Crippen LogP contribution in [0.5, 0.6) is 5.75 Å². The summed E-state index contributed by atoms with van der Waals surface area (Å²) in [7, 11) is 0. The van der Waals surface area contributed by atoms with Crippen LogP contribution in [0, 0.1) is 5.41 Å². The largest absolute Gasteiger partial charge is 0.490 e. The predicted molar refractivity (Wildman–Crippen MR) is 85.3 cm³/mol. The van der Waals surface area contributed by atoms with Crippen molar-refractivity contribution in [2.24, 2.45) is 5.41 Å². The fraction of sp³-hybridized carbons (Fsp3) is 0.667. The minimum atomic E-state index is 0.304. The van der Waals surface area contributed by atoms with Crippen LogP contribution < -0.4 is 10.1 Å². The van der Waals surface area contributed by atoms with Crippen LogP contribution in [0.2, 0.25) is 0 Å². The van der Waals surface area contributed by atoms with Gasteiger partial charge in [-0.25, -0.2) is 0 Å². The van der Waals surface area contributed by atoms with E-state index in [0.717, 1.165) is 18.7 Å². The van der Waals surface area contributed by atoms with Crippen molar-refractivity contribution in [3.05, 3.63) is 29.8 Å². The van der Waals surface area contributed by atoms with Gasteiger partial charge in [0.25, 0.3) is 0 Å². The van der Waals surface area contributed by atoms with Gasteiger partial charge in [-0.15, -0.1) is 0 Å². The van der Waals surface area contributed by atoms with E-state index in [1.165, 1.54) is 24.8 Å². The van der Waals surface area contributed by atoms with Gasteiger partial charge in [-0.05, 0) is 55.3 Å². The molecular weight excluding hydrogens is 246 g/mol. The number of hydrogen-bond acceptors (Lipinski definition) is 2. The van der Waals surface area contributed by atoms with Gasteiger partial charge in [0, 0.05) is 6.04 Å². The summed E-state index contributed by atoms with van der Waals surface area (Å²) in [6.45, 7) is 10.2. The highest BCUT2D eigenvalue weighted by Crippen LogP contribution is 2.28. The van der Waals surface area contributed by atoms with Crippen molar-refractivity contribution in [3.8, 4) is 5.75 Å². The summed E-state index contributed by atoms with van der Waals surface area (Å²) in [4.78, 5) is 0. The molecule has 112 valence electrons. The molecule has 0 radical (unpaired) electrons. The first-order valence-electron chi connectivity index (χ1n) is 7.98. The maximum absolute atomic E-state index is 5.87. The third-order valence-corrected chi connectivity index (χ3v) is 3.94. The highest BCUT2D eigenvalue weighted by molar-refractivity contribution is 5.29. The number of rotatable bonds is 7. The highest BCUT2D eigenvalue weighted by Gasteiger charge is 2.24. The van der Waals surface area contributed by atoms with Crippen molar-refractivity contribution in [3.63, 3.8) is 0 Å². The number of aryl methyl sites for hydroxylation is 1. The van der Waals surface area contributed by atoms with Crippen LogP contribution >= 0.6 is 0 Å². The van der Waals surface area contributed by atoms with Gasteiger partial charge in [-0.2, -0.15) is 0 Å². The van der Waals surface area contributed by atoms with Crippen molar-refractivity contribution in [2.75, 3.05) is 6.54 Å². The quantitative estimate of drug-likeness (QED) is 0.806. The molecule has 0 spiro atoms. The minimum Gasteiger partial charge on any atom is -0.490 e. The summed E-state index contributed by atoms with van der Waals surface area (Å²) in [5, 5.41) is 3.62. The van der Waals surface area contributed by atoms with Gasteiger partial charge >= 0.3 is 0 Å². The fourth-order valence-electron chi connectivity index (χ4n) is 2.55. The first kappa shape index (κ1) is 15.4. The van der Waals surface area contributed by atoms with E-state index in [0.29, 0.717) is 17.6 Å². The van der Waals surface area contributed by atoms with Crippen molar-refractivity contribution >= 4 is 0 Å². The van der Waals surface area contributed by atoms with Crippen molar-refractivity contribution < 1.29 is 4.74 Å². The molecule has 1 aliphatic carbocycles. The van der Waals surface area contributed by atoms with Crippen LogP contribution in [0.3, 0.4) is 0 Å². The maximum Gasteiger partial charge on any atom is 0.119 e. The van der Waals surface area contributed by atoms with E-state index in [4.69, 9.17) is 4.74 Å². The molecule has 2 nitrogen and oxygen atoms in total. The molecule has 0 aliphatic heterocycles. The third-order valence-electron chi connectivity index (χ3n) is 3.94. The molecule has 1 atom stereocenters. The summed E-state index contributed by atoms with van der Waals surface area (Å²) in [6.07, 6.45) is 5.20. The monoisotopic (exact) mass is 275 g/mol. The van der Waals surface area contributed by atoms with Crippen LogP contribution in [0.1, 0.15) is 52.5 Å². The molecule has 20 heavy (non-hydrogen) atoms. The Labute approximate surface area is 123 Å². The standard InChI is InChI=1S/C18H29NO/c1-5-19-17(18(2,3)4)12-9-14-7-6-8-16(13-14)20-15-10-11-15/h6-8,13,15,17,19H,5,9-12H2,1-4H3. The zero-order chi connectivity index (χ0) is 14.6. The summed E-state index contributed by atoms with van der Waals surface area (Å²) in [5.41, 5.74) is 1.69. The second-order valence-electron chi connectivity index (χ2n) is 6.98. The molecule has 0 saturated heterocycles. The van der Waals surface area contributed by atoms with Crippen molar-refractivity contribution in [1.29, 1.82) is 0 Å². The SMILES string of the molecule is CCNC(CCc1cccc(OC2CC2)c1)C(C)(C)C. The normalized spacial score (nSPS) is 17.0. The molecule has 0 heterocycles. The van der Waals surface area contributed by atoms with Crippen molar-refractivity contribution in [1.82, 2.24) is 5.32 Å². The molecule has 1 aromatic carbocycles. The van der Waals surface area contributed by atoms with E-state index in [2.05, 4.69) is 57.3 Å². The number of hydrogen-bond donors (Lipinski definition) is 1. The summed E-state index contributed by atoms with van der Waals surface area (Å²) in [5.74, 6) is 1.04. The molecule has 1 saturated carbocycles. The van der Waals surface area contributed by atoms with Gasteiger partial charge in [0.15, 0.2) is 0 Å². The Morgan fingerprint density at radius 2 is 2.05 bits per heavy atom. The second-order valence-corrected chi connectivity index (χ2v) is 6.98. The molecular formula is C18H29NO. The highest BCUT2D eigenvalue weighted by atomic mass is 16.5. The summed E-state index contributed by atoms with van der Waals surface area (Å²) >= 11 is 0. The second kappa shape index (κ2) is 6.62. The molecule has 2 rings (SSSR count). The first-order valence-corrected chi connectivity index (χ1v) is 7.98. The number of benzene rings is 1. The number of ether oxygens (including phenoxy) is 1. The smallest absolute Gasteiger partial charge is 0.119 e. The van der Waals surface area contributed by atoms with Crippen molar-refractivity contribution in [2.45, 2.75) is 65.5 Å². The minimum absolute atomic E-state index is 0.304. The summed E-state index contributed by atoms with van der Waals surface area (Å²) in [6, 6.07) is 9.18. The Kier molecular flexibility index (Phi) is 5.09. The van der Waals surface area contributed by atoms with Gasteiger partial charge in [0.2, 0.25) is 0 Å². The van der Waals surface area contributed by atoms with E-state index in [1.54, 1.807) is 0 Å². The summed E-state index contributed by atoms with van der Waals surface area (Å²) < 4.78 is 5.87. The van der Waals surface area contributed by atoms with Crippen LogP contribution in [-0.4, -0.2) is 18.7 Å². The van der Waals surface area contributed by atoms with Crippen LogP contribution in [0.25, 0.3) is 0 Å². The Morgan fingerprint density at radius 1 is 1.30 bits per heavy atom. The average molecular weight is 275 g/mol. The zero-order valence-corrected chi connectivity index (χ0v) is 13.4. The van der Waals surface area contributed by atoms with E-state index >= 15 is 0 Å². The molecule has 1 fully saturated rings. The lowest BCUT2D eigenvalue weighted by atomic mass is 9.83. The molecule has 0 amide bonds. The molecule has 2 heteroatoms. The maximum atomic E-state index is 5.87. The van der Waals surface area contributed by atoms with Gasteiger partial charge in [-0.1, -0.05) is 39.8 Å². The van der Waals surface area contributed by atoms with Gasteiger partial charge in [0.1, 0.15) is 5.75 Å². The van der Waals surface area contributed by atoms with E-state index in [-0.39, 0.29) is 0 Å². The van der Waals surface area contributed by atoms with Gasteiger partial charge in [0.05, 0.1) is 6.10 Å². The van der Waals surface area contributed by atoms with E-state index in [1.807, 2.05) is 0 Å². The third kappa shape index (κ3) is 4.82. The topological polar surface area (TPSA) is 21.3 Å². The molecule has 1 aliphatic rings. The lowest BCUT2D eigenvalue weighted by molar-refractivity contribution is 0.258. The fourth-order valence-corrected chi connectivity index (χ4v) is 2.55. The average Bonchev–Trinajstić information content (AvgIpc) is 3.17. The van der Waals surface area contributed by atoms with Gasteiger partial charge in [-0.3, -0.25) is 0 Å². The Morgan fingerprint density at radius 3 is 2.65 bits per heavy atom. The molecule has 1 aromatic rings. The Bertz CT molecular complexity index is 418. The Balaban J connectivity index is 1.91. The molecule has 1 N–H and O–H groups in total. The van der Waals surface area contributed by atoms with Gasteiger partial charge < -0.3 is 10.1 Å². The molecule has 0 bridgehead atoms. The molecule has 1 unspecified atom stereocenters. The van der Waals surface area contributed by atoms with E-state index in [9.17, 15) is 0 Å². The Hall–Kier alpha value is -1.02. The molecule has 0 aromatic heterocycles. The zero-order valence-electron chi connectivity index (χ0n) is 13.4. The lowest BCUT2D eigenvalue weighted by Crippen LogP contribution is -2.40. The predicted octanol–water partition coefficient (Wildman–Crippen LogP) is 4.18. The number of nitrogens with one attached hydrogen (secondary N) is 1. The first-order chi connectivity index (χ1) is 9.49. The van der Waals surface area contributed by atoms with E-state index < -0.39 is 0 Å².